The van der Waals surface area contributed by atoms with Gasteiger partial charge >= 0.3 is 0 Å². The van der Waals surface area contributed by atoms with Gasteiger partial charge in [-0.15, -0.1) is 0 Å². The number of nitrogens with two attached hydrogens (primary N) is 1. The van der Waals surface area contributed by atoms with Gasteiger partial charge in [0.1, 0.15) is 0 Å². The van der Waals surface area contributed by atoms with E-state index in [0.29, 0.717) is 19.1 Å². The van der Waals surface area contributed by atoms with Gasteiger partial charge in [0.25, 0.3) is 0 Å². The highest BCUT2D eigenvalue weighted by molar-refractivity contribution is 5.81. The summed E-state index contributed by atoms with van der Waals surface area (Å²) in [7, 11) is 1.67. The maximum atomic E-state index is 11.9. The van der Waals surface area contributed by atoms with E-state index < -0.39 is 0 Å². The summed E-state index contributed by atoms with van der Waals surface area (Å²) >= 11 is 0. The Kier molecular flexibility index (Phi) is 8.01. The lowest BCUT2D eigenvalue weighted by molar-refractivity contribution is -0.123. The van der Waals surface area contributed by atoms with E-state index in [2.05, 4.69) is 5.32 Å². The highest BCUT2D eigenvalue weighted by Crippen LogP contribution is 2.17. The molecular weight excluding hydrogens is 228 g/mol. The van der Waals surface area contributed by atoms with Gasteiger partial charge < -0.3 is 15.8 Å². The van der Waals surface area contributed by atoms with E-state index >= 15 is 0 Å². The molecule has 1 rings (SSSR count). The summed E-state index contributed by atoms with van der Waals surface area (Å²) in [6.07, 6.45) is 10.2. The molecule has 0 saturated heterocycles. The monoisotopic (exact) mass is 256 g/mol. The van der Waals surface area contributed by atoms with E-state index in [4.69, 9.17) is 10.5 Å². The van der Waals surface area contributed by atoms with Gasteiger partial charge in [-0.3, -0.25) is 4.79 Å². The van der Waals surface area contributed by atoms with Crippen molar-refractivity contribution in [3.8, 4) is 0 Å². The molecule has 18 heavy (non-hydrogen) atoms. The molecule has 0 radical (unpaired) electrons. The number of hydrogen-bond donors (Lipinski definition) is 2. The summed E-state index contributed by atoms with van der Waals surface area (Å²) < 4.78 is 4.97. The number of carbonyl (C=O) groups excluding carboxylic acids is 1. The minimum absolute atomic E-state index is 0.0108. The molecule has 0 aromatic rings. The summed E-state index contributed by atoms with van der Waals surface area (Å²) in [4.78, 5) is 11.9. The second-order valence-corrected chi connectivity index (χ2v) is 5.29. The minimum atomic E-state index is -0.384. The Labute approximate surface area is 111 Å². The average molecular weight is 256 g/mol. The Morgan fingerprint density at radius 3 is 2.50 bits per heavy atom. The van der Waals surface area contributed by atoms with E-state index in [1.54, 1.807) is 7.11 Å². The fourth-order valence-corrected chi connectivity index (χ4v) is 2.49. The van der Waals surface area contributed by atoms with Crippen molar-refractivity contribution in [1.29, 1.82) is 0 Å². The molecule has 1 aliphatic carbocycles. The average Bonchev–Trinajstić information content (AvgIpc) is 2.32. The van der Waals surface area contributed by atoms with Crippen LogP contribution in [0.25, 0.3) is 0 Å². The number of methoxy groups -OCH3 is 1. The Morgan fingerprint density at radius 1 is 1.28 bits per heavy atom. The number of ether oxygens (including phenoxy) is 1. The van der Waals surface area contributed by atoms with Crippen LogP contribution in [0, 0.1) is 0 Å². The van der Waals surface area contributed by atoms with Gasteiger partial charge in [-0.1, -0.05) is 32.1 Å². The van der Waals surface area contributed by atoms with E-state index in [-0.39, 0.29) is 11.9 Å². The van der Waals surface area contributed by atoms with Crippen LogP contribution < -0.4 is 11.1 Å². The Bertz CT molecular complexity index is 226. The molecule has 0 heterocycles. The Hall–Kier alpha value is -0.610. The first kappa shape index (κ1) is 15.4. The molecule has 0 aromatic carbocycles. The molecule has 0 bridgehead atoms. The van der Waals surface area contributed by atoms with Crippen LogP contribution >= 0.6 is 0 Å². The molecule has 0 aliphatic heterocycles. The molecule has 1 atom stereocenters. The maximum Gasteiger partial charge on any atom is 0.237 e. The first-order valence-corrected chi connectivity index (χ1v) is 7.29. The van der Waals surface area contributed by atoms with Crippen molar-refractivity contribution in [2.24, 2.45) is 5.73 Å². The normalized spacial score (nSPS) is 19.9. The van der Waals surface area contributed by atoms with Crippen molar-refractivity contribution in [2.75, 3.05) is 13.7 Å². The van der Waals surface area contributed by atoms with E-state index in [1.165, 1.54) is 32.1 Å². The second-order valence-electron chi connectivity index (χ2n) is 5.29. The van der Waals surface area contributed by atoms with Crippen LogP contribution in [0.3, 0.4) is 0 Å². The van der Waals surface area contributed by atoms with Crippen molar-refractivity contribution >= 4 is 5.91 Å². The van der Waals surface area contributed by atoms with Gasteiger partial charge in [-0.25, -0.2) is 0 Å². The second kappa shape index (κ2) is 9.34. The molecule has 4 nitrogen and oxygen atoms in total. The van der Waals surface area contributed by atoms with Gasteiger partial charge in [0.2, 0.25) is 5.91 Å². The fraction of sp³-hybridized carbons (Fsp3) is 0.929. The van der Waals surface area contributed by atoms with E-state index in [0.717, 1.165) is 19.3 Å². The molecule has 106 valence electrons. The molecule has 1 aliphatic rings. The first-order valence-electron chi connectivity index (χ1n) is 7.29. The van der Waals surface area contributed by atoms with E-state index in [9.17, 15) is 4.79 Å². The van der Waals surface area contributed by atoms with Crippen molar-refractivity contribution in [2.45, 2.75) is 69.9 Å². The fourth-order valence-electron chi connectivity index (χ4n) is 2.49. The molecule has 1 amide bonds. The lowest BCUT2D eigenvalue weighted by Gasteiger charge is -2.22. The molecule has 4 heteroatoms. The highest BCUT2D eigenvalue weighted by Gasteiger charge is 2.18. The smallest absolute Gasteiger partial charge is 0.237 e. The predicted octanol–water partition coefficient (Wildman–Crippen LogP) is 1.97. The number of amides is 1. The molecular formula is C14H28N2O2. The largest absolute Gasteiger partial charge is 0.385 e. The number of hydrogen-bond acceptors (Lipinski definition) is 3. The molecule has 1 unspecified atom stereocenters. The highest BCUT2D eigenvalue weighted by atomic mass is 16.5. The zero-order chi connectivity index (χ0) is 13.2. The molecule has 3 N–H and O–H groups in total. The summed E-state index contributed by atoms with van der Waals surface area (Å²) in [6, 6.07) is -0.0446. The van der Waals surface area contributed by atoms with Crippen molar-refractivity contribution in [1.82, 2.24) is 5.32 Å². The number of carbonyl (C=O) groups is 1. The van der Waals surface area contributed by atoms with Crippen LogP contribution in [0.5, 0.6) is 0 Å². The van der Waals surface area contributed by atoms with Crippen molar-refractivity contribution < 1.29 is 9.53 Å². The van der Waals surface area contributed by atoms with Crippen LogP contribution in [0.1, 0.15) is 57.8 Å². The number of rotatable bonds is 6. The zero-order valence-corrected chi connectivity index (χ0v) is 11.6. The minimum Gasteiger partial charge on any atom is -0.385 e. The molecule has 1 fully saturated rings. The summed E-state index contributed by atoms with van der Waals surface area (Å²) in [5.74, 6) is 0.0108. The first-order chi connectivity index (χ1) is 8.74. The van der Waals surface area contributed by atoms with Gasteiger partial charge in [0, 0.05) is 19.8 Å². The van der Waals surface area contributed by atoms with Crippen molar-refractivity contribution in [3.05, 3.63) is 0 Å². The van der Waals surface area contributed by atoms with Gasteiger partial charge in [0.15, 0.2) is 0 Å². The summed E-state index contributed by atoms with van der Waals surface area (Å²) in [5.41, 5.74) is 5.88. The van der Waals surface area contributed by atoms with Gasteiger partial charge in [-0.05, 0) is 25.7 Å². The van der Waals surface area contributed by atoms with Crippen LogP contribution in [0.2, 0.25) is 0 Å². The van der Waals surface area contributed by atoms with Gasteiger partial charge in [-0.2, -0.15) is 0 Å². The van der Waals surface area contributed by atoms with Crippen LogP contribution in [0.15, 0.2) is 0 Å². The van der Waals surface area contributed by atoms with Crippen LogP contribution in [0.4, 0.5) is 0 Å². The number of nitrogens with one attached hydrogen (secondary N) is 1. The van der Waals surface area contributed by atoms with Crippen LogP contribution in [-0.4, -0.2) is 31.7 Å². The third-order valence-electron chi connectivity index (χ3n) is 3.65. The topological polar surface area (TPSA) is 64.3 Å². The summed E-state index contributed by atoms with van der Waals surface area (Å²) in [5, 5.41) is 3.11. The zero-order valence-electron chi connectivity index (χ0n) is 11.6. The predicted molar refractivity (Wildman–Crippen MR) is 73.3 cm³/mol. The molecule has 0 aromatic heterocycles. The lowest BCUT2D eigenvalue weighted by atomic mass is 9.96. The Morgan fingerprint density at radius 2 is 1.89 bits per heavy atom. The van der Waals surface area contributed by atoms with Crippen molar-refractivity contribution in [3.63, 3.8) is 0 Å². The van der Waals surface area contributed by atoms with Gasteiger partial charge in [0.05, 0.1) is 6.04 Å². The maximum absolute atomic E-state index is 11.9. The molecule has 1 saturated carbocycles. The van der Waals surface area contributed by atoms with Crippen LogP contribution in [-0.2, 0) is 9.53 Å². The standard InChI is InChI=1S/C14H28N2O2/c1-18-11-7-10-13(15)14(17)16-12-8-5-3-2-4-6-9-12/h12-13H,2-11,15H2,1H3,(H,16,17). The SMILES string of the molecule is COCCCC(N)C(=O)NC1CCCCCCC1. The third kappa shape index (κ3) is 6.36. The third-order valence-corrected chi connectivity index (χ3v) is 3.65. The van der Waals surface area contributed by atoms with E-state index in [1.807, 2.05) is 0 Å². The lowest BCUT2D eigenvalue weighted by Crippen LogP contribution is -2.45. The Balaban J connectivity index is 2.23. The summed E-state index contributed by atoms with van der Waals surface area (Å²) in [6.45, 7) is 0.671. The quantitative estimate of drug-likeness (QED) is 0.714. The molecule has 0 spiro atoms.